The zero-order chi connectivity index (χ0) is 18.9. The molecule has 0 radical (unpaired) electrons. The lowest BCUT2D eigenvalue weighted by atomic mass is 10.0. The summed E-state index contributed by atoms with van der Waals surface area (Å²) in [5.74, 6) is -1.33. The summed E-state index contributed by atoms with van der Waals surface area (Å²) in [7, 11) is 3.86. The van der Waals surface area contributed by atoms with Crippen molar-refractivity contribution in [3.63, 3.8) is 0 Å². The van der Waals surface area contributed by atoms with Crippen LogP contribution < -0.4 is 15.5 Å². The zero-order valence-corrected chi connectivity index (χ0v) is 15.2. The second kappa shape index (κ2) is 6.96. The van der Waals surface area contributed by atoms with E-state index in [-0.39, 0.29) is 10.9 Å². The van der Waals surface area contributed by atoms with Crippen LogP contribution in [0.2, 0.25) is 5.02 Å². The molecule has 3 rings (SSSR count). The van der Waals surface area contributed by atoms with Gasteiger partial charge in [-0.1, -0.05) is 11.6 Å². The predicted molar refractivity (Wildman–Crippen MR) is 101 cm³/mol. The number of hydrogen-bond acceptors (Lipinski definition) is 3. The lowest BCUT2D eigenvalue weighted by molar-refractivity contribution is -0.131. The molecular formula is C19H19ClFN3O2. The SMILES string of the molecule is CN(C)c1ccc(NC(=O)C2(C(=O)Nc3ccc(F)c(Cl)c3)CC2)cc1. The monoisotopic (exact) mass is 375 g/mol. The number of amides is 2. The van der Waals surface area contributed by atoms with Crippen LogP contribution >= 0.6 is 11.6 Å². The highest BCUT2D eigenvalue weighted by Gasteiger charge is 2.56. The van der Waals surface area contributed by atoms with Gasteiger partial charge >= 0.3 is 0 Å². The number of nitrogens with one attached hydrogen (secondary N) is 2. The molecule has 2 aromatic carbocycles. The van der Waals surface area contributed by atoms with Crippen molar-refractivity contribution in [2.24, 2.45) is 5.41 Å². The van der Waals surface area contributed by atoms with E-state index in [1.54, 1.807) is 12.1 Å². The van der Waals surface area contributed by atoms with Crippen LogP contribution in [-0.4, -0.2) is 25.9 Å². The van der Waals surface area contributed by atoms with Crippen LogP contribution in [0.4, 0.5) is 21.5 Å². The molecule has 2 N–H and O–H groups in total. The summed E-state index contributed by atoms with van der Waals surface area (Å²) in [5.41, 5.74) is 0.900. The molecule has 0 aromatic heterocycles. The molecule has 0 aliphatic heterocycles. The van der Waals surface area contributed by atoms with Gasteiger partial charge in [0.2, 0.25) is 11.8 Å². The van der Waals surface area contributed by atoms with Gasteiger partial charge in [-0.05, 0) is 55.3 Å². The van der Waals surface area contributed by atoms with E-state index < -0.39 is 17.1 Å². The van der Waals surface area contributed by atoms with Gasteiger partial charge in [-0.25, -0.2) is 4.39 Å². The maximum Gasteiger partial charge on any atom is 0.240 e. The molecule has 2 aromatic rings. The molecular weight excluding hydrogens is 357 g/mol. The van der Waals surface area contributed by atoms with Crippen molar-refractivity contribution in [3.8, 4) is 0 Å². The average Bonchev–Trinajstić information content (AvgIpc) is 3.40. The molecule has 1 fully saturated rings. The van der Waals surface area contributed by atoms with Crippen molar-refractivity contribution in [1.82, 2.24) is 0 Å². The number of anilines is 3. The number of benzene rings is 2. The molecule has 2 amide bonds. The number of hydrogen-bond donors (Lipinski definition) is 2. The number of carbonyl (C=O) groups is 2. The Balaban J connectivity index is 1.68. The number of rotatable bonds is 5. The molecule has 0 saturated heterocycles. The molecule has 0 bridgehead atoms. The van der Waals surface area contributed by atoms with E-state index in [0.29, 0.717) is 24.2 Å². The van der Waals surface area contributed by atoms with E-state index in [1.165, 1.54) is 18.2 Å². The third-order valence-corrected chi connectivity index (χ3v) is 4.73. The largest absolute Gasteiger partial charge is 0.378 e. The third-order valence-electron chi connectivity index (χ3n) is 4.44. The minimum Gasteiger partial charge on any atom is -0.378 e. The Morgan fingerprint density at radius 3 is 2.04 bits per heavy atom. The molecule has 1 aliphatic rings. The van der Waals surface area contributed by atoms with Crippen LogP contribution in [0.25, 0.3) is 0 Å². The van der Waals surface area contributed by atoms with E-state index in [4.69, 9.17) is 11.6 Å². The van der Waals surface area contributed by atoms with E-state index in [2.05, 4.69) is 10.6 Å². The maximum absolute atomic E-state index is 13.2. The average molecular weight is 376 g/mol. The zero-order valence-electron chi connectivity index (χ0n) is 14.5. The topological polar surface area (TPSA) is 61.4 Å². The van der Waals surface area contributed by atoms with Crippen LogP contribution in [0, 0.1) is 11.2 Å². The molecule has 7 heteroatoms. The van der Waals surface area contributed by atoms with E-state index >= 15 is 0 Å². The Morgan fingerprint density at radius 1 is 1.00 bits per heavy atom. The van der Waals surface area contributed by atoms with E-state index in [1.807, 2.05) is 31.1 Å². The van der Waals surface area contributed by atoms with Crippen molar-refractivity contribution in [3.05, 3.63) is 53.3 Å². The first-order valence-electron chi connectivity index (χ1n) is 8.17. The lowest BCUT2D eigenvalue weighted by Crippen LogP contribution is -2.35. The molecule has 0 unspecified atom stereocenters. The summed E-state index contributed by atoms with van der Waals surface area (Å²) in [4.78, 5) is 27.1. The first kappa shape index (κ1) is 18.2. The second-order valence-electron chi connectivity index (χ2n) is 6.56. The van der Waals surface area contributed by atoms with Crippen molar-refractivity contribution < 1.29 is 14.0 Å². The number of nitrogens with zero attached hydrogens (tertiary/aromatic N) is 1. The first-order chi connectivity index (χ1) is 12.3. The van der Waals surface area contributed by atoms with Gasteiger partial charge in [0.05, 0.1) is 5.02 Å². The summed E-state index contributed by atoms with van der Waals surface area (Å²) >= 11 is 5.72. The van der Waals surface area contributed by atoms with Gasteiger partial charge in [-0.3, -0.25) is 9.59 Å². The minimum absolute atomic E-state index is 0.0851. The molecule has 1 aliphatic carbocycles. The quantitative estimate of drug-likeness (QED) is 0.779. The van der Waals surface area contributed by atoms with Crippen LogP contribution in [0.3, 0.4) is 0 Å². The molecule has 0 heterocycles. The fourth-order valence-corrected chi connectivity index (χ4v) is 2.78. The van der Waals surface area contributed by atoms with Crippen molar-refractivity contribution in [2.45, 2.75) is 12.8 Å². The summed E-state index contributed by atoms with van der Waals surface area (Å²) in [6.45, 7) is 0. The number of halogens is 2. The predicted octanol–water partition coefficient (Wildman–Crippen LogP) is 3.90. The standard InChI is InChI=1S/C19H19ClFN3O2/c1-24(2)14-6-3-12(4-7-14)22-17(25)19(9-10-19)18(26)23-13-5-8-16(21)15(20)11-13/h3-8,11H,9-10H2,1-2H3,(H,22,25)(H,23,26). The van der Waals surface area contributed by atoms with Gasteiger partial charge in [0.1, 0.15) is 11.2 Å². The highest BCUT2D eigenvalue weighted by molar-refractivity contribution is 6.31. The normalized spacial score (nSPS) is 14.5. The van der Waals surface area contributed by atoms with Gasteiger partial charge in [-0.15, -0.1) is 0 Å². The molecule has 0 spiro atoms. The smallest absolute Gasteiger partial charge is 0.240 e. The Bertz CT molecular complexity index is 848. The Kier molecular flexibility index (Phi) is 4.87. The Hall–Kier alpha value is -2.60. The van der Waals surface area contributed by atoms with Crippen LogP contribution in [0.15, 0.2) is 42.5 Å². The highest BCUT2D eigenvalue weighted by Crippen LogP contribution is 2.47. The van der Waals surface area contributed by atoms with E-state index in [9.17, 15) is 14.0 Å². The van der Waals surface area contributed by atoms with Gasteiger partial charge in [0.25, 0.3) is 0 Å². The lowest BCUT2D eigenvalue weighted by Gasteiger charge is -2.17. The van der Waals surface area contributed by atoms with E-state index in [0.717, 1.165) is 5.69 Å². The maximum atomic E-state index is 13.2. The molecule has 26 heavy (non-hydrogen) atoms. The Labute approximate surface area is 156 Å². The summed E-state index contributed by atoms with van der Waals surface area (Å²) in [6.07, 6.45) is 0.935. The first-order valence-corrected chi connectivity index (χ1v) is 8.55. The number of carbonyl (C=O) groups excluding carboxylic acids is 2. The van der Waals surface area contributed by atoms with Crippen molar-refractivity contribution in [1.29, 1.82) is 0 Å². The van der Waals surface area contributed by atoms with Crippen molar-refractivity contribution >= 4 is 40.5 Å². The molecule has 136 valence electrons. The molecule has 0 atom stereocenters. The third kappa shape index (κ3) is 3.65. The van der Waals surface area contributed by atoms with Gasteiger partial charge in [0.15, 0.2) is 0 Å². The van der Waals surface area contributed by atoms with Crippen LogP contribution in [0.1, 0.15) is 12.8 Å². The van der Waals surface area contributed by atoms with Crippen molar-refractivity contribution in [2.75, 3.05) is 29.6 Å². The van der Waals surface area contributed by atoms with Crippen LogP contribution in [0.5, 0.6) is 0 Å². The minimum atomic E-state index is -1.10. The van der Waals surface area contributed by atoms with Gasteiger partial charge in [0, 0.05) is 31.2 Å². The second-order valence-corrected chi connectivity index (χ2v) is 6.97. The molecule has 1 saturated carbocycles. The summed E-state index contributed by atoms with van der Waals surface area (Å²) in [6, 6.07) is 11.3. The molecule has 5 nitrogen and oxygen atoms in total. The fraction of sp³-hybridized carbons (Fsp3) is 0.263. The highest BCUT2D eigenvalue weighted by atomic mass is 35.5. The summed E-state index contributed by atoms with van der Waals surface area (Å²) in [5, 5.41) is 5.35. The summed E-state index contributed by atoms with van der Waals surface area (Å²) < 4.78 is 13.2. The van der Waals surface area contributed by atoms with Gasteiger partial charge < -0.3 is 15.5 Å². The van der Waals surface area contributed by atoms with Crippen LogP contribution in [-0.2, 0) is 9.59 Å². The fourth-order valence-electron chi connectivity index (χ4n) is 2.60. The van der Waals surface area contributed by atoms with Gasteiger partial charge in [-0.2, -0.15) is 0 Å². The Morgan fingerprint density at radius 2 is 1.54 bits per heavy atom.